The third kappa shape index (κ3) is 2.86. The quantitative estimate of drug-likeness (QED) is 0.648. The summed E-state index contributed by atoms with van der Waals surface area (Å²) in [6.07, 6.45) is 2.19. The van der Waals surface area contributed by atoms with Gasteiger partial charge in [0.1, 0.15) is 0 Å². The van der Waals surface area contributed by atoms with Crippen molar-refractivity contribution >= 4 is 51.1 Å². The predicted octanol–water partition coefficient (Wildman–Crippen LogP) is 3.74. The van der Waals surface area contributed by atoms with Crippen LogP contribution in [0.15, 0.2) is 25.4 Å². The molecule has 0 aromatic rings. The number of hydrogen-bond acceptors (Lipinski definition) is 3. The lowest BCUT2D eigenvalue weighted by Gasteiger charge is -2.15. The number of allylic oxidation sites excluding steroid dienone is 2. The normalized spacial score (nSPS) is 24.9. The minimum atomic E-state index is -4.32. The summed E-state index contributed by atoms with van der Waals surface area (Å²) in [6.45, 7) is 0. The van der Waals surface area contributed by atoms with Gasteiger partial charge in [0.05, 0.1) is 6.04 Å². The molecule has 0 saturated heterocycles. The zero-order valence-electron chi connectivity index (χ0n) is 7.61. The first-order valence-electron chi connectivity index (χ1n) is 4.21. The van der Waals surface area contributed by atoms with E-state index in [1.807, 2.05) is 22.6 Å². The van der Waals surface area contributed by atoms with Gasteiger partial charge in [-0.3, -0.25) is 4.99 Å². The Hall–Kier alpha value is 0.110. The molecule has 0 spiro atoms. The highest BCUT2D eigenvalue weighted by molar-refractivity contribution is 14.1. The Morgan fingerprint density at radius 1 is 1.56 bits per heavy atom. The number of halogens is 5. The van der Waals surface area contributed by atoms with Crippen LogP contribution in [0.4, 0.5) is 13.2 Å². The smallest absolute Gasteiger partial charge is 0.336 e. The van der Waals surface area contributed by atoms with E-state index in [0.29, 0.717) is 17.2 Å². The third-order valence-corrected chi connectivity index (χ3v) is 4.28. The fourth-order valence-electron chi connectivity index (χ4n) is 1.38. The zero-order chi connectivity index (χ0) is 11.9. The highest BCUT2D eigenvalue weighted by Crippen LogP contribution is 2.37. The van der Waals surface area contributed by atoms with Gasteiger partial charge in [0, 0.05) is 32.5 Å². The second-order valence-corrected chi connectivity index (χ2v) is 5.85. The fraction of sp³-hybridized carbons (Fsp3) is 0.375. The average Bonchev–Trinajstić information content (AvgIpc) is 2.44. The molecule has 1 aliphatic heterocycles. The number of thioether (sulfide) groups is 1. The van der Waals surface area contributed by atoms with Crippen molar-refractivity contribution in [3.8, 4) is 0 Å². The van der Waals surface area contributed by atoms with Gasteiger partial charge >= 0.3 is 5.51 Å². The molecule has 2 nitrogen and oxygen atoms in total. The number of amidine groups is 1. The van der Waals surface area contributed by atoms with Crippen molar-refractivity contribution in [1.82, 2.24) is 5.32 Å². The SMILES string of the molecule is FC(F)(F)SC1=NC2CC(Cl)=C(I)C=C2N1. The van der Waals surface area contributed by atoms with Crippen molar-refractivity contribution in [2.24, 2.45) is 4.99 Å². The van der Waals surface area contributed by atoms with E-state index in [4.69, 9.17) is 11.6 Å². The van der Waals surface area contributed by atoms with Gasteiger partial charge in [-0.25, -0.2) is 0 Å². The molecule has 0 bridgehead atoms. The molecule has 0 radical (unpaired) electrons. The van der Waals surface area contributed by atoms with Crippen LogP contribution in [0.3, 0.4) is 0 Å². The highest BCUT2D eigenvalue weighted by Gasteiger charge is 2.36. The molecule has 8 heteroatoms. The number of fused-ring (bicyclic) bond motifs is 1. The van der Waals surface area contributed by atoms with Gasteiger partial charge in [-0.15, -0.1) is 0 Å². The first kappa shape index (κ1) is 12.6. The highest BCUT2D eigenvalue weighted by atomic mass is 127. The molecule has 2 rings (SSSR count). The molecule has 16 heavy (non-hydrogen) atoms. The number of rotatable bonds is 0. The van der Waals surface area contributed by atoms with Crippen LogP contribution < -0.4 is 5.32 Å². The first-order valence-corrected chi connectivity index (χ1v) is 6.49. The van der Waals surface area contributed by atoms with Crippen LogP contribution >= 0.6 is 46.0 Å². The summed E-state index contributed by atoms with van der Waals surface area (Å²) >= 11 is 7.73. The molecule has 0 aromatic carbocycles. The number of alkyl halides is 3. The van der Waals surface area contributed by atoms with E-state index in [1.54, 1.807) is 6.08 Å². The van der Waals surface area contributed by atoms with E-state index in [-0.39, 0.29) is 23.0 Å². The molecule has 0 fully saturated rings. The van der Waals surface area contributed by atoms with Crippen molar-refractivity contribution in [3.63, 3.8) is 0 Å². The Balaban J connectivity index is 2.12. The van der Waals surface area contributed by atoms with Gasteiger partial charge in [-0.1, -0.05) is 11.6 Å². The number of aliphatic imine (C=N–C) groups is 1. The van der Waals surface area contributed by atoms with Crippen LogP contribution in [0.1, 0.15) is 6.42 Å². The van der Waals surface area contributed by atoms with E-state index in [0.717, 1.165) is 3.58 Å². The van der Waals surface area contributed by atoms with Crippen LogP contribution in [0, 0.1) is 0 Å². The summed E-state index contributed by atoms with van der Waals surface area (Å²) in [6, 6.07) is -0.295. The molecule has 1 heterocycles. The number of nitrogens with one attached hydrogen (secondary N) is 1. The number of nitrogens with zero attached hydrogens (tertiary/aromatic N) is 1. The zero-order valence-corrected chi connectivity index (χ0v) is 11.3. The van der Waals surface area contributed by atoms with E-state index in [9.17, 15) is 13.2 Å². The average molecular weight is 381 g/mol. The van der Waals surface area contributed by atoms with Crippen LogP contribution in [-0.4, -0.2) is 16.7 Å². The van der Waals surface area contributed by atoms with Gasteiger partial charge in [0.25, 0.3) is 0 Å². The van der Waals surface area contributed by atoms with Gasteiger partial charge in [0.15, 0.2) is 5.17 Å². The first-order chi connectivity index (χ1) is 7.35. The fourth-order valence-corrected chi connectivity index (χ4v) is 2.71. The minimum absolute atomic E-state index is 0.112. The summed E-state index contributed by atoms with van der Waals surface area (Å²) in [5.74, 6) is 0. The lowest BCUT2D eigenvalue weighted by atomic mass is 10.1. The molecule has 1 aliphatic carbocycles. The summed E-state index contributed by atoms with van der Waals surface area (Å²) < 4.78 is 37.2. The number of hydrogen-bond donors (Lipinski definition) is 1. The van der Waals surface area contributed by atoms with Crippen LogP contribution in [-0.2, 0) is 0 Å². The topological polar surface area (TPSA) is 24.4 Å². The molecular weight excluding hydrogens is 376 g/mol. The Kier molecular flexibility index (Phi) is 3.47. The maximum atomic E-state index is 12.1. The summed E-state index contributed by atoms with van der Waals surface area (Å²) in [5.41, 5.74) is -3.63. The molecule has 0 aromatic heterocycles. The lowest BCUT2D eigenvalue weighted by molar-refractivity contribution is -0.0316. The van der Waals surface area contributed by atoms with Crippen molar-refractivity contribution in [3.05, 3.63) is 20.4 Å². The largest absolute Gasteiger partial charge is 0.449 e. The van der Waals surface area contributed by atoms with Crippen molar-refractivity contribution in [2.75, 3.05) is 0 Å². The van der Waals surface area contributed by atoms with Crippen molar-refractivity contribution < 1.29 is 13.2 Å². The molecule has 1 unspecified atom stereocenters. The van der Waals surface area contributed by atoms with Gasteiger partial charge in [-0.05, 0) is 28.7 Å². The van der Waals surface area contributed by atoms with Crippen molar-refractivity contribution in [2.45, 2.75) is 18.0 Å². The Morgan fingerprint density at radius 3 is 2.88 bits per heavy atom. The monoisotopic (exact) mass is 380 g/mol. The molecule has 88 valence electrons. The Labute approximate surface area is 113 Å². The van der Waals surface area contributed by atoms with Gasteiger partial charge in [0.2, 0.25) is 0 Å². The minimum Gasteiger partial charge on any atom is -0.336 e. The molecular formula is C8H5ClF3IN2S. The second kappa shape index (κ2) is 4.41. The molecule has 0 saturated carbocycles. The van der Waals surface area contributed by atoms with E-state index in [1.165, 1.54) is 0 Å². The molecule has 1 N–H and O–H groups in total. The van der Waals surface area contributed by atoms with Crippen LogP contribution in [0.25, 0.3) is 0 Å². The van der Waals surface area contributed by atoms with Crippen LogP contribution in [0.2, 0.25) is 0 Å². The van der Waals surface area contributed by atoms with E-state index < -0.39 is 5.51 Å². The molecule has 0 amide bonds. The van der Waals surface area contributed by atoms with Gasteiger partial charge < -0.3 is 5.32 Å². The summed E-state index contributed by atoms with van der Waals surface area (Å²) in [7, 11) is 0. The maximum Gasteiger partial charge on any atom is 0.449 e. The predicted molar refractivity (Wildman–Crippen MR) is 67.6 cm³/mol. The maximum absolute atomic E-state index is 12.1. The summed E-state index contributed by atoms with van der Waals surface area (Å²) in [5, 5.41) is 3.18. The van der Waals surface area contributed by atoms with Crippen molar-refractivity contribution in [1.29, 1.82) is 0 Å². The molecule has 2 aliphatic rings. The second-order valence-electron chi connectivity index (χ2n) is 3.18. The third-order valence-electron chi connectivity index (χ3n) is 2.01. The molecule has 1 atom stereocenters. The Morgan fingerprint density at radius 2 is 2.25 bits per heavy atom. The van der Waals surface area contributed by atoms with Crippen LogP contribution in [0.5, 0.6) is 0 Å². The lowest BCUT2D eigenvalue weighted by Crippen LogP contribution is -2.21. The Bertz CT molecular complexity index is 416. The van der Waals surface area contributed by atoms with E-state index >= 15 is 0 Å². The van der Waals surface area contributed by atoms with Gasteiger partial charge in [-0.2, -0.15) is 13.2 Å². The summed E-state index contributed by atoms with van der Waals surface area (Å²) in [4.78, 5) is 3.94. The van der Waals surface area contributed by atoms with E-state index in [2.05, 4.69) is 10.3 Å². The standard InChI is InChI=1S/C8H5ClF3IN2S/c9-3-1-5-6(2-4(3)13)15-7(14-5)16-8(10,11)12/h2,5H,1H2,(H,14,15).